The van der Waals surface area contributed by atoms with Crippen molar-refractivity contribution in [3.05, 3.63) is 11.5 Å². The number of rotatable bonds is 6. The Morgan fingerprint density at radius 2 is 1.42 bits per heavy atom. The van der Waals surface area contributed by atoms with Gasteiger partial charge < -0.3 is 9.79 Å². The summed E-state index contributed by atoms with van der Waals surface area (Å²) in [6, 6.07) is 0. The van der Waals surface area contributed by atoms with Crippen LogP contribution in [0.15, 0.2) is 11.5 Å². The van der Waals surface area contributed by atoms with Crippen molar-refractivity contribution in [1.82, 2.24) is 0 Å². The van der Waals surface area contributed by atoms with Crippen molar-refractivity contribution in [3.8, 4) is 0 Å². The molecule has 0 fully saturated rings. The lowest BCUT2D eigenvalue weighted by Crippen LogP contribution is -2.45. The van der Waals surface area contributed by atoms with Crippen molar-refractivity contribution < 1.29 is 22.8 Å². The predicted molar refractivity (Wildman–Crippen MR) is 77.6 cm³/mol. The van der Waals surface area contributed by atoms with Crippen LogP contribution in [0.4, 0.5) is 0 Å². The molecule has 5 nitrogen and oxygen atoms in total. The largest absolute Gasteiger partial charge is 0.332 e. The van der Waals surface area contributed by atoms with Gasteiger partial charge in [-0.1, -0.05) is 40.7 Å². The topological polar surface area (TPSA) is 91.7 Å². The van der Waals surface area contributed by atoms with Crippen molar-refractivity contribution >= 4 is 17.4 Å². The second-order valence-electron chi connectivity index (χ2n) is 5.69. The van der Waals surface area contributed by atoms with Crippen LogP contribution < -0.4 is 0 Å². The van der Waals surface area contributed by atoms with E-state index in [2.05, 4.69) is 0 Å². The Labute approximate surface area is 116 Å². The molecule has 19 heavy (non-hydrogen) atoms. The number of allylic oxidation sites excluding steroid dienone is 1. The summed E-state index contributed by atoms with van der Waals surface area (Å²) in [6.45, 7) is 8.67. The van der Waals surface area contributed by atoms with Gasteiger partial charge in [-0.25, -0.2) is 8.42 Å². The molecule has 114 valence electrons. The third-order valence-corrected chi connectivity index (χ3v) is 6.80. The molecule has 0 spiro atoms. The van der Waals surface area contributed by atoms with Crippen molar-refractivity contribution in [1.29, 1.82) is 0 Å². The third kappa shape index (κ3) is 4.15. The minimum absolute atomic E-state index is 0.285. The summed E-state index contributed by atoms with van der Waals surface area (Å²) in [5.41, 5.74) is 0. The van der Waals surface area contributed by atoms with Crippen LogP contribution in [0.1, 0.15) is 34.6 Å². The highest BCUT2D eigenvalue weighted by molar-refractivity contribution is 7.93. The zero-order valence-corrected chi connectivity index (χ0v) is 14.1. The maximum absolute atomic E-state index is 12.0. The lowest BCUT2D eigenvalue weighted by Gasteiger charge is -2.45. The second kappa shape index (κ2) is 6.08. The molecular formula is C12H25O5PS. The Kier molecular flexibility index (Phi) is 6.03. The molecule has 0 saturated carbocycles. The summed E-state index contributed by atoms with van der Waals surface area (Å²) in [5.74, 6) is -1.12. The standard InChI is InChI=1S/C12H25O5PS/c1-9(2)12(10(3)4,18(13,14)15)11(5)7-8-19(6,16)17/h7-11H,1-6H3,(H2,13,14,15). The molecule has 0 heterocycles. The first-order valence-corrected chi connectivity index (χ1v) is 9.77. The molecule has 0 aromatic rings. The van der Waals surface area contributed by atoms with E-state index in [-0.39, 0.29) is 11.8 Å². The average Bonchev–Trinajstić information content (AvgIpc) is 2.10. The zero-order valence-electron chi connectivity index (χ0n) is 12.4. The van der Waals surface area contributed by atoms with E-state index in [1.807, 2.05) is 0 Å². The zero-order chi connectivity index (χ0) is 15.6. The second-order valence-corrected chi connectivity index (χ2v) is 9.48. The fourth-order valence-corrected chi connectivity index (χ4v) is 5.55. The van der Waals surface area contributed by atoms with Gasteiger partial charge in [0.2, 0.25) is 0 Å². The van der Waals surface area contributed by atoms with Crippen LogP contribution in [0.25, 0.3) is 0 Å². The van der Waals surface area contributed by atoms with E-state index in [1.165, 1.54) is 6.08 Å². The number of hydrogen-bond acceptors (Lipinski definition) is 3. The van der Waals surface area contributed by atoms with Crippen molar-refractivity contribution in [3.63, 3.8) is 0 Å². The van der Waals surface area contributed by atoms with E-state index in [0.29, 0.717) is 0 Å². The first kappa shape index (κ1) is 18.8. The molecular weight excluding hydrogens is 287 g/mol. The summed E-state index contributed by atoms with van der Waals surface area (Å²) in [5, 5.41) is -0.249. The molecule has 0 aromatic heterocycles. The smallest absolute Gasteiger partial charge is 0.324 e. The molecule has 0 amide bonds. The lowest BCUT2D eigenvalue weighted by atomic mass is 9.75. The van der Waals surface area contributed by atoms with E-state index >= 15 is 0 Å². The Hall–Kier alpha value is -0.160. The highest BCUT2D eigenvalue weighted by Gasteiger charge is 2.54. The van der Waals surface area contributed by atoms with Gasteiger partial charge in [0, 0.05) is 11.7 Å². The molecule has 0 saturated heterocycles. The summed E-state index contributed by atoms with van der Waals surface area (Å²) < 4.78 is 34.4. The first-order valence-electron chi connectivity index (χ1n) is 6.20. The SMILES string of the molecule is CC(C)C(C(C)C)(C(C)C=CS(C)(=O)=O)P(=O)(O)O. The highest BCUT2D eigenvalue weighted by atomic mass is 32.2. The van der Waals surface area contributed by atoms with E-state index < -0.39 is 28.5 Å². The Balaban J connectivity index is 5.89. The van der Waals surface area contributed by atoms with Crippen LogP contribution in [0.3, 0.4) is 0 Å². The maximum atomic E-state index is 12.0. The van der Waals surface area contributed by atoms with Crippen LogP contribution >= 0.6 is 7.60 Å². The van der Waals surface area contributed by atoms with Crippen LogP contribution in [-0.4, -0.2) is 29.6 Å². The van der Waals surface area contributed by atoms with Gasteiger partial charge in [-0.05, 0) is 17.8 Å². The molecule has 0 aliphatic rings. The Morgan fingerprint density at radius 3 is 1.63 bits per heavy atom. The van der Waals surface area contributed by atoms with Gasteiger partial charge in [-0.2, -0.15) is 0 Å². The van der Waals surface area contributed by atoms with E-state index in [1.54, 1.807) is 34.6 Å². The van der Waals surface area contributed by atoms with Crippen LogP contribution in [0, 0.1) is 17.8 Å². The molecule has 1 unspecified atom stereocenters. The number of sulfone groups is 1. The normalized spacial score (nSPS) is 16.5. The van der Waals surface area contributed by atoms with Gasteiger partial charge >= 0.3 is 7.60 Å². The fraction of sp³-hybridized carbons (Fsp3) is 0.833. The molecule has 1 atom stereocenters. The summed E-state index contributed by atoms with van der Waals surface area (Å²) in [6.07, 6.45) is 2.44. The summed E-state index contributed by atoms with van der Waals surface area (Å²) in [7, 11) is -7.71. The molecule has 7 heteroatoms. The van der Waals surface area contributed by atoms with Gasteiger partial charge in [0.15, 0.2) is 9.84 Å². The van der Waals surface area contributed by atoms with Gasteiger partial charge in [0.1, 0.15) is 0 Å². The van der Waals surface area contributed by atoms with Gasteiger partial charge in [0.25, 0.3) is 0 Å². The van der Waals surface area contributed by atoms with Gasteiger partial charge in [-0.15, -0.1) is 0 Å². The van der Waals surface area contributed by atoms with Gasteiger partial charge in [-0.3, -0.25) is 4.57 Å². The Morgan fingerprint density at radius 1 is 1.05 bits per heavy atom. The predicted octanol–water partition coefficient (Wildman–Crippen LogP) is 2.41. The summed E-state index contributed by atoms with van der Waals surface area (Å²) in [4.78, 5) is 19.6. The molecule has 0 radical (unpaired) electrons. The minimum Gasteiger partial charge on any atom is -0.324 e. The minimum atomic E-state index is -4.40. The van der Waals surface area contributed by atoms with Crippen molar-refractivity contribution in [2.24, 2.45) is 17.8 Å². The monoisotopic (exact) mass is 312 g/mol. The fourth-order valence-electron chi connectivity index (χ4n) is 3.07. The van der Waals surface area contributed by atoms with Crippen LogP contribution in [-0.2, 0) is 14.4 Å². The molecule has 0 aliphatic carbocycles. The average molecular weight is 312 g/mol. The lowest BCUT2D eigenvalue weighted by molar-refractivity contribution is 0.199. The van der Waals surface area contributed by atoms with E-state index in [4.69, 9.17) is 0 Å². The van der Waals surface area contributed by atoms with Gasteiger partial charge in [0.05, 0.1) is 5.16 Å². The molecule has 0 aromatic carbocycles. The van der Waals surface area contributed by atoms with Crippen LogP contribution in [0.5, 0.6) is 0 Å². The summed E-state index contributed by atoms with van der Waals surface area (Å²) >= 11 is 0. The highest BCUT2D eigenvalue weighted by Crippen LogP contribution is 2.62. The van der Waals surface area contributed by atoms with Crippen molar-refractivity contribution in [2.75, 3.05) is 6.26 Å². The molecule has 0 aliphatic heterocycles. The Bertz CT molecular complexity index is 464. The first-order chi connectivity index (χ1) is 8.26. The third-order valence-electron chi connectivity index (χ3n) is 3.70. The van der Waals surface area contributed by atoms with Crippen LogP contribution in [0.2, 0.25) is 0 Å². The molecule has 2 N–H and O–H groups in total. The maximum Gasteiger partial charge on any atom is 0.332 e. The molecule has 0 rings (SSSR count). The van der Waals surface area contributed by atoms with Crippen molar-refractivity contribution in [2.45, 2.75) is 39.8 Å². The quantitative estimate of drug-likeness (QED) is 0.735. The molecule has 0 bridgehead atoms. The number of hydrogen-bond donors (Lipinski definition) is 2. The van der Waals surface area contributed by atoms with E-state index in [0.717, 1.165) is 11.7 Å². The van der Waals surface area contributed by atoms with E-state index in [9.17, 15) is 22.8 Å².